The number of hydrogen-bond donors (Lipinski definition) is 1. The first-order chi connectivity index (χ1) is 6.90. The second-order valence-electron chi connectivity index (χ2n) is 2.84. The summed E-state index contributed by atoms with van der Waals surface area (Å²) in [4.78, 5) is 8.28. The zero-order valence-corrected chi connectivity index (χ0v) is 7.68. The molecule has 0 radical (unpaired) electrons. The van der Waals surface area contributed by atoms with Crippen molar-refractivity contribution in [2.24, 2.45) is 10.7 Å². The van der Waals surface area contributed by atoms with Gasteiger partial charge in [-0.2, -0.15) is 0 Å². The van der Waals surface area contributed by atoms with Gasteiger partial charge in [-0.3, -0.25) is 4.99 Å². The molecule has 0 spiro atoms. The second kappa shape index (κ2) is 4.02. The average molecular weight is 189 g/mol. The molecule has 0 unspecified atom stereocenters. The van der Waals surface area contributed by atoms with Gasteiger partial charge in [0, 0.05) is 6.54 Å². The summed E-state index contributed by atoms with van der Waals surface area (Å²) in [6.45, 7) is 1.13. The van der Waals surface area contributed by atoms with Crippen LogP contribution in [0.4, 0.5) is 0 Å². The Kier molecular flexibility index (Phi) is 2.55. The highest BCUT2D eigenvalue weighted by Gasteiger charge is 2.00. The number of para-hydroxylation sites is 2. The van der Waals surface area contributed by atoms with Gasteiger partial charge in [0.2, 0.25) is 5.89 Å². The summed E-state index contributed by atoms with van der Waals surface area (Å²) in [5.74, 6) is 0.527. The lowest BCUT2D eigenvalue weighted by Crippen LogP contribution is -2.02. The second-order valence-corrected chi connectivity index (χ2v) is 2.84. The van der Waals surface area contributed by atoms with Crippen molar-refractivity contribution >= 4 is 17.3 Å². The minimum Gasteiger partial charge on any atom is -0.435 e. The van der Waals surface area contributed by atoms with Crippen molar-refractivity contribution in [3.05, 3.63) is 30.2 Å². The van der Waals surface area contributed by atoms with Crippen LogP contribution in [0.25, 0.3) is 11.1 Å². The number of aromatic nitrogens is 1. The minimum absolute atomic E-state index is 0.527. The Morgan fingerprint density at radius 3 is 3.07 bits per heavy atom. The van der Waals surface area contributed by atoms with Gasteiger partial charge in [0.25, 0.3) is 0 Å². The summed E-state index contributed by atoms with van der Waals surface area (Å²) < 4.78 is 5.41. The van der Waals surface area contributed by atoms with Gasteiger partial charge < -0.3 is 10.2 Å². The van der Waals surface area contributed by atoms with Crippen LogP contribution in [0.1, 0.15) is 5.89 Å². The van der Waals surface area contributed by atoms with Crippen LogP contribution in [-0.2, 0) is 0 Å². The van der Waals surface area contributed by atoms with Crippen molar-refractivity contribution in [1.82, 2.24) is 4.98 Å². The van der Waals surface area contributed by atoms with Gasteiger partial charge in [0.15, 0.2) is 5.58 Å². The SMILES string of the molecule is NCCN=Cc1nc2ccccc2o1. The molecule has 1 aromatic heterocycles. The molecule has 0 aliphatic rings. The third-order valence-electron chi connectivity index (χ3n) is 1.77. The molecule has 4 nitrogen and oxygen atoms in total. The van der Waals surface area contributed by atoms with Gasteiger partial charge in [0.05, 0.1) is 12.8 Å². The van der Waals surface area contributed by atoms with E-state index in [1.807, 2.05) is 24.3 Å². The van der Waals surface area contributed by atoms with Crippen LogP contribution in [0, 0.1) is 0 Å². The first kappa shape index (κ1) is 8.90. The molecule has 0 fully saturated rings. The fourth-order valence-electron chi connectivity index (χ4n) is 1.16. The quantitative estimate of drug-likeness (QED) is 0.738. The molecule has 0 atom stereocenters. The molecule has 1 heterocycles. The molecule has 0 saturated heterocycles. The summed E-state index contributed by atoms with van der Waals surface area (Å²) in [7, 11) is 0. The van der Waals surface area contributed by atoms with Crippen LogP contribution in [0.5, 0.6) is 0 Å². The molecular weight excluding hydrogens is 178 g/mol. The van der Waals surface area contributed by atoms with Crippen LogP contribution in [0.3, 0.4) is 0 Å². The number of hydrogen-bond acceptors (Lipinski definition) is 4. The standard InChI is InChI=1S/C10H11N3O/c11-5-6-12-7-10-13-8-3-1-2-4-9(8)14-10/h1-4,7H,5-6,11H2. The van der Waals surface area contributed by atoms with Crippen LogP contribution >= 0.6 is 0 Å². The number of nitrogens with two attached hydrogens (primary N) is 1. The fraction of sp³-hybridized carbons (Fsp3) is 0.200. The first-order valence-corrected chi connectivity index (χ1v) is 4.45. The van der Waals surface area contributed by atoms with Gasteiger partial charge in [-0.15, -0.1) is 0 Å². The molecular formula is C10H11N3O. The molecule has 72 valence electrons. The Morgan fingerprint density at radius 2 is 2.29 bits per heavy atom. The molecule has 0 amide bonds. The van der Waals surface area contributed by atoms with Crippen molar-refractivity contribution < 1.29 is 4.42 Å². The van der Waals surface area contributed by atoms with Gasteiger partial charge in [-0.1, -0.05) is 12.1 Å². The van der Waals surface area contributed by atoms with Crippen molar-refractivity contribution in [2.45, 2.75) is 0 Å². The number of fused-ring (bicyclic) bond motifs is 1. The lowest BCUT2D eigenvalue weighted by atomic mass is 10.3. The summed E-state index contributed by atoms with van der Waals surface area (Å²) in [6, 6.07) is 7.61. The monoisotopic (exact) mass is 189 g/mol. The maximum Gasteiger partial charge on any atom is 0.238 e. The van der Waals surface area contributed by atoms with Crippen LogP contribution < -0.4 is 5.73 Å². The van der Waals surface area contributed by atoms with Crippen LogP contribution in [0.2, 0.25) is 0 Å². The largest absolute Gasteiger partial charge is 0.435 e. The summed E-state index contributed by atoms with van der Waals surface area (Å²) in [6.07, 6.45) is 1.60. The molecule has 1 aromatic carbocycles. The van der Waals surface area contributed by atoms with E-state index < -0.39 is 0 Å². The molecule has 0 aliphatic carbocycles. The predicted molar refractivity (Wildman–Crippen MR) is 55.5 cm³/mol. The highest BCUT2D eigenvalue weighted by Crippen LogP contribution is 2.12. The summed E-state index contributed by atoms with van der Waals surface area (Å²) in [5, 5.41) is 0. The van der Waals surface area contributed by atoms with Crippen molar-refractivity contribution in [2.75, 3.05) is 13.1 Å². The third-order valence-corrected chi connectivity index (χ3v) is 1.77. The molecule has 14 heavy (non-hydrogen) atoms. The number of aliphatic imine (C=N–C) groups is 1. The van der Waals surface area contributed by atoms with Gasteiger partial charge >= 0.3 is 0 Å². The Hall–Kier alpha value is -1.68. The van der Waals surface area contributed by atoms with E-state index in [4.69, 9.17) is 10.2 Å². The Morgan fingerprint density at radius 1 is 1.43 bits per heavy atom. The summed E-state index contributed by atoms with van der Waals surface area (Å²) >= 11 is 0. The number of oxazole rings is 1. The van der Waals surface area contributed by atoms with E-state index in [1.165, 1.54) is 0 Å². The maximum atomic E-state index is 5.41. The van der Waals surface area contributed by atoms with E-state index in [-0.39, 0.29) is 0 Å². The van der Waals surface area contributed by atoms with Crippen LogP contribution in [-0.4, -0.2) is 24.3 Å². The number of benzene rings is 1. The van der Waals surface area contributed by atoms with Crippen LogP contribution in [0.15, 0.2) is 33.7 Å². The van der Waals surface area contributed by atoms with Gasteiger partial charge in [-0.05, 0) is 12.1 Å². The minimum atomic E-state index is 0.527. The first-order valence-electron chi connectivity index (χ1n) is 4.45. The average Bonchev–Trinajstić information content (AvgIpc) is 2.60. The predicted octanol–water partition coefficient (Wildman–Crippen LogP) is 1.21. The highest BCUT2D eigenvalue weighted by molar-refractivity contribution is 5.80. The molecule has 0 saturated carbocycles. The molecule has 2 N–H and O–H groups in total. The van der Waals surface area contributed by atoms with E-state index in [1.54, 1.807) is 6.21 Å². The van der Waals surface area contributed by atoms with Crippen molar-refractivity contribution in [3.8, 4) is 0 Å². The Labute approximate surface area is 81.5 Å². The van der Waals surface area contributed by atoms with E-state index in [0.717, 1.165) is 11.1 Å². The third kappa shape index (κ3) is 1.80. The van der Waals surface area contributed by atoms with Crippen molar-refractivity contribution in [1.29, 1.82) is 0 Å². The Balaban J connectivity index is 2.27. The topological polar surface area (TPSA) is 64.4 Å². The molecule has 0 aliphatic heterocycles. The fourth-order valence-corrected chi connectivity index (χ4v) is 1.16. The summed E-state index contributed by atoms with van der Waals surface area (Å²) in [5.41, 5.74) is 6.93. The normalized spacial score (nSPS) is 11.5. The molecule has 2 rings (SSSR count). The lowest BCUT2D eigenvalue weighted by Gasteiger charge is -1.83. The lowest BCUT2D eigenvalue weighted by molar-refractivity contribution is 0.593. The van der Waals surface area contributed by atoms with Gasteiger partial charge in [0.1, 0.15) is 5.52 Å². The highest BCUT2D eigenvalue weighted by atomic mass is 16.3. The van der Waals surface area contributed by atoms with E-state index >= 15 is 0 Å². The van der Waals surface area contributed by atoms with Gasteiger partial charge in [-0.25, -0.2) is 4.98 Å². The Bertz CT molecular complexity index is 414. The number of nitrogens with zero attached hydrogens (tertiary/aromatic N) is 2. The zero-order valence-electron chi connectivity index (χ0n) is 7.68. The zero-order chi connectivity index (χ0) is 9.80. The van der Waals surface area contributed by atoms with E-state index in [2.05, 4.69) is 9.98 Å². The molecule has 4 heteroatoms. The van der Waals surface area contributed by atoms with Crippen molar-refractivity contribution in [3.63, 3.8) is 0 Å². The molecule has 0 bridgehead atoms. The maximum absolute atomic E-state index is 5.41. The number of rotatable bonds is 3. The van der Waals surface area contributed by atoms with E-state index in [9.17, 15) is 0 Å². The molecule has 2 aromatic rings. The smallest absolute Gasteiger partial charge is 0.238 e. The van der Waals surface area contributed by atoms with E-state index in [0.29, 0.717) is 19.0 Å².